The van der Waals surface area contributed by atoms with Crippen LogP contribution in [0.25, 0.3) is 10.8 Å². The number of amides is 1. The summed E-state index contributed by atoms with van der Waals surface area (Å²) in [6, 6.07) is 0. The van der Waals surface area contributed by atoms with Crippen LogP contribution in [0.1, 0.15) is 124 Å². The number of esters is 1. The minimum atomic E-state index is -1.56. The van der Waals surface area contributed by atoms with Crippen LogP contribution in [0.3, 0.4) is 0 Å². The second-order valence-corrected chi connectivity index (χ2v) is 19.7. The van der Waals surface area contributed by atoms with E-state index in [0.717, 1.165) is 19.6 Å². The van der Waals surface area contributed by atoms with E-state index in [1.165, 1.54) is 20.8 Å². The van der Waals surface area contributed by atoms with Gasteiger partial charge in [0.05, 0.1) is 29.3 Å². The van der Waals surface area contributed by atoms with Gasteiger partial charge >= 0.3 is 11.9 Å². The first-order valence-electron chi connectivity index (χ1n) is 23.5. The number of phenolic OH excluding ortho intramolecular Hbond substituents is 2. The molecule has 3 unspecified atom stereocenters. The Kier molecular flexibility index (Phi) is 16.7. The molecule has 0 radical (unpaired) electrons. The van der Waals surface area contributed by atoms with Gasteiger partial charge in [-0.05, 0) is 78.1 Å². The summed E-state index contributed by atoms with van der Waals surface area (Å²) >= 11 is 0. The van der Waals surface area contributed by atoms with Gasteiger partial charge in [-0.15, -0.1) is 0 Å². The van der Waals surface area contributed by atoms with Gasteiger partial charge in [0.2, 0.25) is 0 Å². The first kappa shape index (κ1) is 51.9. The molecule has 1 saturated heterocycles. The highest BCUT2D eigenvalue weighted by molar-refractivity contribution is 6.18. The quantitative estimate of drug-likeness (QED) is 0.0549. The van der Waals surface area contributed by atoms with Crippen LogP contribution in [-0.2, 0) is 23.9 Å². The number of carboxylic acid groups (broad SMARTS) is 1. The molecule has 0 saturated carbocycles. The lowest BCUT2D eigenvalue weighted by Crippen LogP contribution is -2.47. The van der Waals surface area contributed by atoms with Gasteiger partial charge in [0.15, 0.2) is 23.2 Å². The van der Waals surface area contributed by atoms with Crippen LogP contribution in [0.15, 0.2) is 45.9 Å². The first-order valence-corrected chi connectivity index (χ1v) is 23.5. The average Bonchev–Trinajstić information content (AvgIpc) is 3.61. The molecule has 1 amide bonds. The van der Waals surface area contributed by atoms with Crippen molar-refractivity contribution >= 4 is 40.1 Å². The predicted octanol–water partition coefficient (Wildman–Crippen LogP) is 7.31. The minimum Gasteiger partial charge on any atom is -0.507 e. The Morgan fingerprint density at radius 2 is 1.64 bits per heavy atom. The number of hydrogen-bond acceptors (Lipinski definition) is 13. The Balaban J connectivity index is 1.73. The maximum absolute atomic E-state index is 14.8. The number of ether oxygens (including phenoxy) is 3. The largest absolute Gasteiger partial charge is 0.507 e. The van der Waals surface area contributed by atoms with Crippen molar-refractivity contribution in [1.29, 1.82) is 0 Å². The molecule has 3 heterocycles. The van der Waals surface area contributed by atoms with Gasteiger partial charge in [-0.2, -0.15) is 0 Å². The van der Waals surface area contributed by atoms with Crippen molar-refractivity contribution in [2.45, 2.75) is 139 Å². The number of allylic oxidation sites excluding steroid dienone is 5. The molecule has 5 rings (SSSR count). The molecule has 2 bridgehead atoms. The van der Waals surface area contributed by atoms with Crippen LogP contribution in [0, 0.1) is 42.4 Å². The maximum atomic E-state index is 14.8. The molecule has 2 aromatic rings. The lowest BCUT2D eigenvalue weighted by atomic mass is 9.80. The fraction of sp³-hybridized carbons (Fsp3) is 0.608. The van der Waals surface area contributed by atoms with E-state index in [0.29, 0.717) is 37.3 Å². The van der Waals surface area contributed by atoms with Crippen molar-refractivity contribution in [2.75, 3.05) is 31.6 Å². The van der Waals surface area contributed by atoms with E-state index >= 15 is 0 Å². The monoisotopic (exact) mass is 917 g/mol. The molecule has 3 aliphatic heterocycles. The third kappa shape index (κ3) is 11.7. The number of carbonyl (C=O) groups excluding carboxylic acids is 3. The van der Waals surface area contributed by atoms with Crippen molar-refractivity contribution in [2.24, 2.45) is 45.5 Å². The van der Waals surface area contributed by atoms with Crippen LogP contribution in [0.5, 0.6) is 17.2 Å². The van der Waals surface area contributed by atoms with Gasteiger partial charge in [-0.3, -0.25) is 24.2 Å². The Labute approximate surface area is 388 Å². The topological polar surface area (TPSA) is 217 Å². The molecule has 1 spiro atoms. The van der Waals surface area contributed by atoms with E-state index in [9.17, 15) is 39.6 Å². The number of nitrogens with zero attached hydrogens (tertiary/aromatic N) is 3. The number of ketones is 1. The van der Waals surface area contributed by atoms with Crippen LogP contribution in [0.2, 0.25) is 0 Å². The van der Waals surface area contributed by atoms with E-state index < -0.39 is 65.0 Å². The van der Waals surface area contributed by atoms with Gasteiger partial charge in [-0.25, -0.2) is 4.99 Å². The Bertz CT molecular complexity index is 2390. The number of hydrogen-bond donors (Lipinski definition) is 5. The molecule has 66 heavy (non-hydrogen) atoms. The fourth-order valence-electron chi connectivity index (χ4n) is 9.58. The summed E-state index contributed by atoms with van der Waals surface area (Å²) in [5.41, 5.74) is 0.134. The number of Topliss-reactive ketones (excluding diaryl/α,β-unsaturated/α-hetero) is 1. The number of phenols is 2. The smallest absolute Gasteiger partial charge is 0.320 e. The summed E-state index contributed by atoms with van der Waals surface area (Å²) in [5, 5.41) is 48.6. The molecule has 5 N–H and O–H groups in total. The molecular weight excluding hydrogens is 845 g/mol. The highest BCUT2D eigenvalue weighted by Gasteiger charge is 2.42. The zero-order valence-electron chi connectivity index (χ0n) is 40.9. The van der Waals surface area contributed by atoms with Gasteiger partial charge in [0.1, 0.15) is 34.0 Å². The van der Waals surface area contributed by atoms with E-state index in [-0.39, 0.29) is 80.3 Å². The van der Waals surface area contributed by atoms with Gasteiger partial charge in [0.25, 0.3) is 5.91 Å². The Morgan fingerprint density at radius 3 is 2.24 bits per heavy atom. The molecule has 362 valence electrons. The lowest BCUT2D eigenvalue weighted by molar-refractivity contribution is -0.237. The van der Waals surface area contributed by atoms with Gasteiger partial charge in [-0.1, -0.05) is 71.9 Å². The standard InChI is InChI=1S/C51H72N4O11/c1-13-64-46-32(8)42(57)38-37-36(46)35(56)20-15-14-18-29(5)44(65-49(62)34(10)48(60)61)33(9)45(66-50(11,12)63)31(7)25-28(4)17-16-19-30(6)47(59)52-41(43(38)58)40-39(37)53-51(54-40)21-23-55(24-22-51)26-27(2)3/h14-17,19,27-29,31,33-34,44-45,53,57-58,63H,13,18,20-26H2,1-12H3,(H,60,61)/b15-14+,17-16+,30-19-,52-41?/t28?,29-,31-,33+,34?,44-,45?/m1/s1. The van der Waals surface area contributed by atoms with E-state index in [1.54, 1.807) is 45.1 Å². The van der Waals surface area contributed by atoms with Gasteiger partial charge in [0, 0.05) is 61.3 Å². The van der Waals surface area contributed by atoms with E-state index in [2.05, 4.69) is 29.1 Å². The van der Waals surface area contributed by atoms with Crippen LogP contribution in [-0.4, -0.2) is 98.9 Å². The highest BCUT2D eigenvalue weighted by atomic mass is 16.6. The molecule has 2 aromatic carbocycles. The molecule has 0 aromatic heterocycles. The fourth-order valence-corrected chi connectivity index (χ4v) is 9.58. The predicted molar refractivity (Wildman–Crippen MR) is 252 cm³/mol. The molecule has 7 atom stereocenters. The van der Waals surface area contributed by atoms with Gasteiger partial charge < -0.3 is 44.9 Å². The summed E-state index contributed by atoms with van der Waals surface area (Å²) in [7, 11) is 0. The number of aliphatic carboxylic acids is 1. The van der Waals surface area contributed by atoms with Crippen LogP contribution >= 0.6 is 0 Å². The molecule has 15 heteroatoms. The van der Waals surface area contributed by atoms with Crippen molar-refractivity contribution in [1.82, 2.24) is 4.90 Å². The van der Waals surface area contributed by atoms with Crippen LogP contribution < -0.4 is 20.8 Å². The maximum Gasteiger partial charge on any atom is 0.320 e. The zero-order valence-corrected chi connectivity index (χ0v) is 40.9. The number of aromatic hydroxyl groups is 2. The number of rotatable bonds is 9. The number of carboxylic acids is 1. The summed E-state index contributed by atoms with van der Waals surface area (Å²) in [5.74, 6) is -7.67. The number of carbonyl (C=O) groups is 4. The SMILES string of the molecule is CCOc1c(C)c(O)c2c(O)c3c4c(c2c1C(=O)C/C=C/C[C@@H](C)[C@@H](OC(=O)C(C)C(=O)O)[C@H](C)C(OC(C)(C)O)[C@H](C)CC(C)/C=C/C=C(/C)C(=O)N=3)NC1(CCN(CC(C)C)CC1)N=4. The second kappa shape index (κ2) is 21.2. The number of anilines is 1. The number of benzene rings is 2. The zero-order chi connectivity index (χ0) is 49.0. The molecule has 15 nitrogen and oxygen atoms in total. The number of piperidine rings is 1. The molecular formula is C51H72N4O11. The van der Waals surface area contributed by atoms with Crippen molar-refractivity contribution < 1.29 is 53.8 Å². The number of likely N-dealkylation sites (tertiary alicyclic amines) is 1. The van der Waals surface area contributed by atoms with E-state index in [4.69, 9.17) is 19.2 Å². The Hall–Kier alpha value is -5.12. The van der Waals surface area contributed by atoms with Crippen molar-refractivity contribution in [3.63, 3.8) is 0 Å². The average molecular weight is 917 g/mol. The summed E-state index contributed by atoms with van der Waals surface area (Å²) < 4.78 is 18.4. The molecule has 0 aliphatic carbocycles. The number of aliphatic hydroxyl groups is 1. The minimum absolute atomic E-state index is 0.0564. The highest BCUT2D eigenvalue weighted by Crippen LogP contribution is 2.47. The summed E-state index contributed by atoms with van der Waals surface area (Å²) in [6.45, 7) is 23.9. The third-order valence-corrected chi connectivity index (χ3v) is 13.0. The van der Waals surface area contributed by atoms with E-state index in [1.807, 2.05) is 33.8 Å². The lowest BCUT2D eigenvalue weighted by Gasteiger charge is -2.40. The normalized spacial score (nSPS) is 26.8. The summed E-state index contributed by atoms with van der Waals surface area (Å²) in [6.07, 6.45) is 9.24. The number of nitrogens with one attached hydrogen (secondary N) is 1. The summed E-state index contributed by atoms with van der Waals surface area (Å²) in [4.78, 5) is 66.0. The van der Waals surface area contributed by atoms with Crippen molar-refractivity contribution in [3.8, 4) is 17.2 Å². The van der Waals surface area contributed by atoms with Crippen LogP contribution in [0.4, 0.5) is 5.69 Å². The Morgan fingerprint density at radius 1 is 0.970 bits per heavy atom. The molecule has 1 fully saturated rings. The second-order valence-electron chi connectivity index (χ2n) is 19.7. The third-order valence-electron chi connectivity index (χ3n) is 13.0. The first-order chi connectivity index (χ1) is 30.9. The van der Waals surface area contributed by atoms with Crippen molar-refractivity contribution in [3.05, 3.63) is 57.8 Å². The molecule has 3 aliphatic rings.